The maximum Gasteiger partial charge on any atom is 0.132 e. The highest BCUT2D eigenvalue weighted by Gasteiger charge is 2.15. The van der Waals surface area contributed by atoms with E-state index in [0.29, 0.717) is 18.5 Å². The number of hydrogen-bond acceptors (Lipinski definition) is 3. The van der Waals surface area contributed by atoms with E-state index in [2.05, 4.69) is 15.9 Å². The van der Waals surface area contributed by atoms with Gasteiger partial charge in [-0.2, -0.15) is 0 Å². The molecule has 0 amide bonds. The van der Waals surface area contributed by atoms with E-state index in [1.807, 2.05) is 30.3 Å². The van der Waals surface area contributed by atoms with Gasteiger partial charge in [0.2, 0.25) is 0 Å². The van der Waals surface area contributed by atoms with Crippen LogP contribution in [0.1, 0.15) is 10.4 Å². The first-order valence-corrected chi connectivity index (χ1v) is 8.07. The topological polar surface area (TPSA) is 35.2 Å². The minimum absolute atomic E-state index is 0.224. The molecular weight excluding hydrogens is 353 g/mol. The molecule has 0 radical (unpaired) electrons. The Morgan fingerprint density at radius 3 is 2.62 bits per heavy atom. The molecule has 0 aliphatic heterocycles. The fraction of sp³-hybridized carbons (Fsp3) is 0.125. The third-order valence-corrected chi connectivity index (χ3v) is 4.98. The van der Waals surface area contributed by atoms with Gasteiger partial charge < -0.3 is 10.5 Å². The molecule has 1 heterocycles. The SMILES string of the molecule is NCc1sc2cccc(F)c2c1COc1ccc(Br)cc1. The van der Waals surface area contributed by atoms with Gasteiger partial charge in [-0.1, -0.05) is 22.0 Å². The summed E-state index contributed by atoms with van der Waals surface area (Å²) in [6, 6.07) is 12.7. The predicted molar refractivity (Wildman–Crippen MR) is 88.1 cm³/mol. The van der Waals surface area contributed by atoms with E-state index in [9.17, 15) is 4.39 Å². The lowest BCUT2D eigenvalue weighted by molar-refractivity contribution is 0.306. The smallest absolute Gasteiger partial charge is 0.132 e. The first-order chi connectivity index (χ1) is 10.2. The zero-order chi connectivity index (χ0) is 14.8. The van der Waals surface area contributed by atoms with E-state index in [1.54, 1.807) is 6.07 Å². The Labute approximate surface area is 134 Å². The summed E-state index contributed by atoms with van der Waals surface area (Å²) in [5, 5.41) is 0.625. The second kappa shape index (κ2) is 6.13. The molecule has 0 aliphatic rings. The molecule has 3 rings (SSSR count). The normalized spacial score (nSPS) is 11.0. The third kappa shape index (κ3) is 2.95. The third-order valence-electron chi connectivity index (χ3n) is 3.23. The van der Waals surface area contributed by atoms with E-state index in [4.69, 9.17) is 10.5 Å². The van der Waals surface area contributed by atoms with E-state index in [-0.39, 0.29) is 5.82 Å². The van der Waals surface area contributed by atoms with Crippen LogP contribution in [-0.2, 0) is 13.2 Å². The molecule has 2 N–H and O–H groups in total. The minimum atomic E-state index is -0.224. The quantitative estimate of drug-likeness (QED) is 0.717. The van der Waals surface area contributed by atoms with Crippen LogP contribution in [-0.4, -0.2) is 0 Å². The zero-order valence-corrected chi connectivity index (χ0v) is 13.5. The molecule has 0 unspecified atom stereocenters. The van der Waals surface area contributed by atoms with Crippen molar-refractivity contribution in [2.75, 3.05) is 0 Å². The lowest BCUT2D eigenvalue weighted by Gasteiger charge is -2.08. The van der Waals surface area contributed by atoms with Crippen LogP contribution >= 0.6 is 27.3 Å². The van der Waals surface area contributed by atoms with E-state index < -0.39 is 0 Å². The molecule has 5 heteroatoms. The highest BCUT2D eigenvalue weighted by Crippen LogP contribution is 2.33. The van der Waals surface area contributed by atoms with Gasteiger partial charge in [-0.3, -0.25) is 0 Å². The summed E-state index contributed by atoms with van der Waals surface area (Å²) in [4.78, 5) is 0.965. The van der Waals surface area contributed by atoms with Crippen LogP contribution in [0, 0.1) is 5.82 Å². The molecule has 0 bridgehead atoms. The standard InChI is InChI=1S/C16H13BrFNOS/c17-10-4-6-11(7-5-10)20-9-12-15(8-19)21-14-3-1-2-13(18)16(12)14/h1-7H,8-9,19H2. The van der Waals surface area contributed by atoms with Gasteiger partial charge in [0.1, 0.15) is 18.2 Å². The van der Waals surface area contributed by atoms with Gasteiger partial charge in [-0.25, -0.2) is 4.39 Å². The van der Waals surface area contributed by atoms with Gasteiger partial charge >= 0.3 is 0 Å². The Balaban J connectivity index is 1.94. The van der Waals surface area contributed by atoms with Gasteiger partial charge in [0.25, 0.3) is 0 Å². The van der Waals surface area contributed by atoms with Crippen molar-refractivity contribution in [2.24, 2.45) is 5.73 Å². The molecule has 21 heavy (non-hydrogen) atoms. The largest absolute Gasteiger partial charge is 0.489 e. The van der Waals surface area contributed by atoms with Crippen molar-refractivity contribution >= 4 is 37.4 Å². The Hall–Kier alpha value is -1.43. The Morgan fingerprint density at radius 1 is 1.14 bits per heavy atom. The van der Waals surface area contributed by atoms with Crippen LogP contribution in [0.3, 0.4) is 0 Å². The minimum Gasteiger partial charge on any atom is -0.489 e. The Kier molecular flexibility index (Phi) is 4.24. The number of rotatable bonds is 4. The first-order valence-electron chi connectivity index (χ1n) is 6.46. The molecule has 3 aromatic rings. The van der Waals surface area contributed by atoms with Crippen molar-refractivity contribution in [1.29, 1.82) is 0 Å². The summed E-state index contributed by atoms with van der Waals surface area (Å²) in [5.74, 6) is 0.523. The maximum atomic E-state index is 14.1. The van der Waals surface area contributed by atoms with E-state index in [0.717, 1.165) is 25.4 Å². The zero-order valence-electron chi connectivity index (χ0n) is 11.1. The lowest BCUT2D eigenvalue weighted by Crippen LogP contribution is -2.02. The molecule has 0 saturated carbocycles. The van der Waals surface area contributed by atoms with Crippen molar-refractivity contribution in [3.8, 4) is 5.75 Å². The van der Waals surface area contributed by atoms with Gasteiger partial charge in [0, 0.05) is 31.5 Å². The Morgan fingerprint density at radius 2 is 1.90 bits per heavy atom. The van der Waals surface area contributed by atoms with Gasteiger partial charge in [-0.05, 0) is 36.4 Å². The van der Waals surface area contributed by atoms with Crippen LogP contribution in [0.25, 0.3) is 10.1 Å². The number of nitrogens with two attached hydrogens (primary N) is 1. The van der Waals surface area contributed by atoms with Crippen LogP contribution < -0.4 is 10.5 Å². The van der Waals surface area contributed by atoms with E-state index >= 15 is 0 Å². The predicted octanol–water partition coefficient (Wildman–Crippen LogP) is 4.84. The lowest BCUT2D eigenvalue weighted by atomic mass is 10.1. The van der Waals surface area contributed by atoms with Crippen LogP contribution in [0.5, 0.6) is 5.75 Å². The van der Waals surface area contributed by atoms with Gasteiger partial charge in [-0.15, -0.1) is 11.3 Å². The first kappa shape index (κ1) is 14.5. The molecule has 1 aromatic heterocycles. The summed E-state index contributed by atoms with van der Waals surface area (Å²) >= 11 is 4.90. The maximum absolute atomic E-state index is 14.1. The molecule has 0 spiro atoms. The van der Waals surface area contributed by atoms with Gasteiger partial charge in [0.05, 0.1) is 0 Å². The summed E-state index contributed by atoms with van der Waals surface area (Å²) in [5.41, 5.74) is 6.63. The fourth-order valence-corrected chi connectivity index (χ4v) is 3.59. The average molecular weight is 366 g/mol. The molecule has 0 saturated heterocycles. The number of halogens is 2. The molecule has 0 aliphatic carbocycles. The summed E-state index contributed by atoms with van der Waals surface area (Å²) in [6.07, 6.45) is 0. The second-order valence-corrected chi connectivity index (χ2v) is 6.62. The molecular formula is C16H13BrFNOS. The fourth-order valence-electron chi connectivity index (χ4n) is 2.22. The summed E-state index contributed by atoms with van der Waals surface area (Å²) < 4.78 is 21.8. The summed E-state index contributed by atoms with van der Waals surface area (Å²) in [7, 11) is 0. The number of ether oxygens (including phenoxy) is 1. The van der Waals surface area contributed by atoms with Crippen molar-refractivity contribution in [3.05, 3.63) is 63.2 Å². The monoisotopic (exact) mass is 365 g/mol. The molecule has 2 nitrogen and oxygen atoms in total. The molecule has 108 valence electrons. The van der Waals surface area contributed by atoms with Gasteiger partial charge in [0.15, 0.2) is 0 Å². The van der Waals surface area contributed by atoms with Crippen molar-refractivity contribution in [3.63, 3.8) is 0 Å². The van der Waals surface area contributed by atoms with Crippen LogP contribution in [0.4, 0.5) is 4.39 Å². The van der Waals surface area contributed by atoms with Crippen LogP contribution in [0.2, 0.25) is 0 Å². The van der Waals surface area contributed by atoms with Crippen molar-refractivity contribution < 1.29 is 9.13 Å². The number of fused-ring (bicyclic) bond motifs is 1. The molecule has 2 aromatic carbocycles. The highest BCUT2D eigenvalue weighted by molar-refractivity contribution is 9.10. The van der Waals surface area contributed by atoms with Crippen molar-refractivity contribution in [1.82, 2.24) is 0 Å². The van der Waals surface area contributed by atoms with E-state index in [1.165, 1.54) is 17.4 Å². The second-order valence-electron chi connectivity index (χ2n) is 4.56. The number of benzene rings is 2. The summed E-state index contributed by atoms with van der Waals surface area (Å²) in [6.45, 7) is 0.701. The Bertz CT molecular complexity index is 770. The van der Waals surface area contributed by atoms with Crippen molar-refractivity contribution in [2.45, 2.75) is 13.2 Å². The van der Waals surface area contributed by atoms with Crippen LogP contribution in [0.15, 0.2) is 46.9 Å². The average Bonchev–Trinajstić information content (AvgIpc) is 2.86. The highest BCUT2D eigenvalue weighted by atomic mass is 79.9. The molecule has 0 fully saturated rings. The number of thiophene rings is 1. The number of hydrogen-bond donors (Lipinski definition) is 1. The molecule has 0 atom stereocenters.